The minimum atomic E-state index is 0.163. The number of azo groups is 1. The molecule has 2 heterocycles. The summed E-state index contributed by atoms with van der Waals surface area (Å²) in [5.74, 6) is 0.860. The summed E-state index contributed by atoms with van der Waals surface area (Å²) in [5, 5.41) is 10.9. The summed E-state index contributed by atoms with van der Waals surface area (Å²) >= 11 is 1.75. The molecular weight excluding hydrogens is 268 g/mol. The molecule has 0 saturated carbocycles. The molecule has 4 heteroatoms. The molecule has 2 unspecified atom stereocenters. The van der Waals surface area contributed by atoms with Crippen molar-refractivity contribution in [2.45, 2.75) is 18.5 Å². The fourth-order valence-corrected chi connectivity index (χ4v) is 3.04. The molecular formula is C16H16N2OS. The van der Waals surface area contributed by atoms with Gasteiger partial charge in [-0.3, -0.25) is 0 Å². The van der Waals surface area contributed by atoms with Crippen LogP contribution in [0.25, 0.3) is 0 Å². The Kier molecular flexibility index (Phi) is 3.92. The number of nitrogens with zero attached hydrogens (tertiary/aromatic N) is 2. The molecule has 0 N–H and O–H groups in total. The van der Waals surface area contributed by atoms with E-state index in [1.807, 2.05) is 12.1 Å². The van der Waals surface area contributed by atoms with Gasteiger partial charge in [0.1, 0.15) is 18.4 Å². The van der Waals surface area contributed by atoms with Crippen LogP contribution in [0.2, 0.25) is 0 Å². The molecule has 1 aliphatic heterocycles. The van der Waals surface area contributed by atoms with Crippen LogP contribution in [-0.4, -0.2) is 6.61 Å². The zero-order chi connectivity index (χ0) is 13.8. The van der Waals surface area contributed by atoms with Crippen LogP contribution in [0.3, 0.4) is 0 Å². The summed E-state index contributed by atoms with van der Waals surface area (Å²) < 4.78 is 5.48. The van der Waals surface area contributed by atoms with Gasteiger partial charge < -0.3 is 4.74 Å². The SMILES string of the molecule is C=CCOc1ccc(C2CC(c3cccs3)N=N2)cc1. The summed E-state index contributed by atoms with van der Waals surface area (Å²) in [6, 6.07) is 12.7. The van der Waals surface area contributed by atoms with Crippen LogP contribution in [0.1, 0.15) is 28.9 Å². The zero-order valence-electron chi connectivity index (χ0n) is 11.1. The smallest absolute Gasteiger partial charge is 0.119 e. The van der Waals surface area contributed by atoms with E-state index in [1.54, 1.807) is 17.4 Å². The number of rotatable bonds is 5. The van der Waals surface area contributed by atoms with Crippen molar-refractivity contribution < 1.29 is 4.74 Å². The highest BCUT2D eigenvalue weighted by molar-refractivity contribution is 7.10. The summed E-state index contributed by atoms with van der Waals surface area (Å²) in [7, 11) is 0. The van der Waals surface area contributed by atoms with Gasteiger partial charge in [-0.15, -0.1) is 11.3 Å². The second kappa shape index (κ2) is 6.01. The van der Waals surface area contributed by atoms with Crippen LogP contribution in [0.4, 0.5) is 0 Å². The first-order valence-corrected chi connectivity index (χ1v) is 7.52. The summed E-state index contributed by atoms with van der Waals surface area (Å²) in [4.78, 5) is 1.29. The van der Waals surface area contributed by atoms with E-state index in [4.69, 9.17) is 4.74 Å². The Morgan fingerprint density at radius 3 is 2.70 bits per heavy atom. The number of thiophene rings is 1. The third-order valence-corrected chi connectivity index (χ3v) is 4.27. The third kappa shape index (κ3) is 2.80. The molecule has 1 aromatic heterocycles. The van der Waals surface area contributed by atoms with Crippen molar-refractivity contribution in [2.24, 2.45) is 10.2 Å². The average Bonchev–Trinajstić information content (AvgIpc) is 3.16. The van der Waals surface area contributed by atoms with Gasteiger partial charge in [0, 0.05) is 11.3 Å². The Labute approximate surface area is 122 Å². The van der Waals surface area contributed by atoms with E-state index < -0.39 is 0 Å². The second-order valence-corrected chi connectivity index (χ2v) is 5.66. The van der Waals surface area contributed by atoms with Gasteiger partial charge in [0.25, 0.3) is 0 Å². The van der Waals surface area contributed by atoms with Gasteiger partial charge >= 0.3 is 0 Å². The number of hydrogen-bond acceptors (Lipinski definition) is 4. The quantitative estimate of drug-likeness (QED) is 0.715. The molecule has 2 aromatic rings. The van der Waals surface area contributed by atoms with Crippen molar-refractivity contribution in [3.8, 4) is 5.75 Å². The largest absolute Gasteiger partial charge is 0.490 e. The Balaban J connectivity index is 1.66. The van der Waals surface area contributed by atoms with Crippen molar-refractivity contribution in [2.75, 3.05) is 6.61 Å². The maximum absolute atomic E-state index is 5.48. The van der Waals surface area contributed by atoms with Crippen molar-refractivity contribution in [1.29, 1.82) is 0 Å². The molecule has 3 nitrogen and oxygen atoms in total. The van der Waals surface area contributed by atoms with Gasteiger partial charge in [-0.25, -0.2) is 0 Å². The van der Waals surface area contributed by atoms with Gasteiger partial charge in [0.05, 0.1) is 6.04 Å². The first-order chi connectivity index (χ1) is 9.86. The van der Waals surface area contributed by atoms with Crippen LogP contribution in [0.15, 0.2) is 64.7 Å². The van der Waals surface area contributed by atoms with Crippen LogP contribution in [0.5, 0.6) is 5.75 Å². The minimum Gasteiger partial charge on any atom is -0.490 e. The van der Waals surface area contributed by atoms with Crippen LogP contribution in [0, 0.1) is 0 Å². The van der Waals surface area contributed by atoms with E-state index in [1.165, 1.54) is 10.4 Å². The van der Waals surface area contributed by atoms with E-state index >= 15 is 0 Å². The average molecular weight is 284 g/mol. The number of hydrogen-bond donors (Lipinski definition) is 0. The van der Waals surface area contributed by atoms with Crippen molar-refractivity contribution in [1.82, 2.24) is 0 Å². The standard InChI is InChI=1S/C16H16N2OS/c1-2-9-19-13-7-5-12(6-8-13)14-11-15(18-17-14)16-4-3-10-20-16/h2-8,10,14-15H,1,9,11H2. The first-order valence-electron chi connectivity index (χ1n) is 6.64. The van der Waals surface area contributed by atoms with Gasteiger partial charge in [0.15, 0.2) is 0 Å². The Morgan fingerprint density at radius 1 is 1.20 bits per heavy atom. The summed E-state index contributed by atoms with van der Waals surface area (Å²) in [6.07, 6.45) is 2.69. The van der Waals surface area contributed by atoms with E-state index in [-0.39, 0.29) is 12.1 Å². The van der Waals surface area contributed by atoms with E-state index in [0.29, 0.717) is 6.61 Å². The summed E-state index contributed by atoms with van der Waals surface area (Å²) in [6.45, 7) is 4.17. The number of benzene rings is 1. The molecule has 0 radical (unpaired) electrons. The lowest BCUT2D eigenvalue weighted by Crippen LogP contribution is -1.96. The van der Waals surface area contributed by atoms with Crippen LogP contribution >= 0.6 is 11.3 Å². The highest BCUT2D eigenvalue weighted by Gasteiger charge is 2.25. The fourth-order valence-electron chi connectivity index (χ4n) is 2.26. The van der Waals surface area contributed by atoms with E-state index in [0.717, 1.165) is 12.2 Å². The lowest BCUT2D eigenvalue weighted by atomic mass is 10.0. The van der Waals surface area contributed by atoms with Crippen molar-refractivity contribution in [3.05, 3.63) is 64.9 Å². The summed E-state index contributed by atoms with van der Waals surface area (Å²) in [5.41, 5.74) is 1.19. The van der Waals surface area contributed by atoms with Crippen LogP contribution in [-0.2, 0) is 0 Å². The van der Waals surface area contributed by atoms with Gasteiger partial charge in [-0.1, -0.05) is 30.9 Å². The van der Waals surface area contributed by atoms with Crippen molar-refractivity contribution in [3.63, 3.8) is 0 Å². The predicted octanol–water partition coefficient (Wildman–Crippen LogP) is 4.95. The molecule has 2 atom stereocenters. The van der Waals surface area contributed by atoms with Gasteiger partial charge in [-0.05, 0) is 29.1 Å². The highest BCUT2D eigenvalue weighted by atomic mass is 32.1. The maximum atomic E-state index is 5.48. The molecule has 1 aromatic carbocycles. The first kappa shape index (κ1) is 13.1. The minimum absolute atomic E-state index is 0.163. The second-order valence-electron chi connectivity index (χ2n) is 4.68. The Bertz CT molecular complexity index is 589. The number of ether oxygens (including phenoxy) is 1. The van der Waals surface area contributed by atoms with Crippen LogP contribution < -0.4 is 4.74 Å². The monoisotopic (exact) mass is 284 g/mol. The maximum Gasteiger partial charge on any atom is 0.119 e. The van der Waals surface area contributed by atoms with E-state index in [9.17, 15) is 0 Å². The fraction of sp³-hybridized carbons (Fsp3) is 0.250. The molecule has 0 aliphatic carbocycles. The molecule has 20 heavy (non-hydrogen) atoms. The molecule has 0 saturated heterocycles. The molecule has 1 aliphatic rings. The molecule has 0 amide bonds. The Morgan fingerprint density at radius 2 is 2.00 bits per heavy atom. The topological polar surface area (TPSA) is 34.0 Å². The predicted molar refractivity (Wildman–Crippen MR) is 81.4 cm³/mol. The zero-order valence-corrected chi connectivity index (χ0v) is 11.9. The van der Waals surface area contributed by atoms with Gasteiger partial charge in [0.2, 0.25) is 0 Å². The molecule has 0 fully saturated rings. The Hall–Kier alpha value is -1.94. The molecule has 3 rings (SSSR count). The molecule has 0 spiro atoms. The lowest BCUT2D eigenvalue weighted by Gasteiger charge is -2.09. The normalized spacial score (nSPS) is 21.0. The van der Waals surface area contributed by atoms with Crippen molar-refractivity contribution >= 4 is 11.3 Å². The highest BCUT2D eigenvalue weighted by Crippen LogP contribution is 2.40. The van der Waals surface area contributed by atoms with Gasteiger partial charge in [-0.2, -0.15) is 10.2 Å². The van der Waals surface area contributed by atoms with E-state index in [2.05, 4.69) is 46.5 Å². The lowest BCUT2D eigenvalue weighted by molar-refractivity contribution is 0.363. The third-order valence-electron chi connectivity index (χ3n) is 3.30. The molecule has 0 bridgehead atoms. The molecule has 102 valence electrons.